The van der Waals surface area contributed by atoms with Crippen LogP contribution < -0.4 is 5.73 Å². The third kappa shape index (κ3) is 8.12. The fourth-order valence-electron chi connectivity index (χ4n) is 4.29. The first-order valence-electron chi connectivity index (χ1n) is 12.4. The summed E-state index contributed by atoms with van der Waals surface area (Å²) in [5.41, 5.74) is 5.72. The zero-order valence-electron chi connectivity index (χ0n) is 22.4. The number of sulfone groups is 1. The van der Waals surface area contributed by atoms with Gasteiger partial charge in [0.2, 0.25) is 5.91 Å². The van der Waals surface area contributed by atoms with Gasteiger partial charge in [-0.3, -0.25) is 4.79 Å². The van der Waals surface area contributed by atoms with E-state index < -0.39 is 57.3 Å². The Balaban J connectivity index is 2.22. The summed E-state index contributed by atoms with van der Waals surface area (Å²) in [6.07, 6.45) is 1.02. The molecule has 1 aromatic heterocycles. The van der Waals surface area contributed by atoms with Gasteiger partial charge < -0.3 is 10.6 Å². The first-order chi connectivity index (χ1) is 18.2. The Kier molecular flexibility index (Phi) is 9.55. The lowest BCUT2D eigenvalue weighted by Gasteiger charge is -2.40. The summed E-state index contributed by atoms with van der Waals surface area (Å²) in [6, 6.07) is 10.4. The Hall–Kier alpha value is -3.25. The molecule has 2 aromatic carbocycles. The molecule has 3 aromatic rings. The quantitative estimate of drug-likeness (QED) is 0.377. The second kappa shape index (κ2) is 12.3. The zero-order chi connectivity index (χ0) is 29.0. The van der Waals surface area contributed by atoms with E-state index in [1.54, 1.807) is 0 Å². The molecule has 3 rings (SSSR count). The lowest BCUT2D eigenvalue weighted by molar-refractivity contribution is -0.134. The van der Waals surface area contributed by atoms with Crippen molar-refractivity contribution in [2.24, 2.45) is 11.1 Å². The van der Waals surface area contributed by atoms with E-state index in [1.807, 2.05) is 51.1 Å². The number of amides is 1. The smallest absolute Gasteiger partial charge is 0.238 e. The molecular weight excluding hydrogens is 531 g/mol. The van der Waals surface area contributed by atoms with Gasteiger partial charge in [0.25, 0.3) is 0 Å². The van der Waals surface area contributed by atoms with Gasteiger partial charge in [-0.25, -0.2) is 31.3 Å². The number of hydrogen-bond acceptors (Lipinski definition) is 6. The molecular formula is C27H34F3N5O3S. The van der Waals surface area contributed by atoms with E-state index in [0.29, 0.717) is 0 Å². The van der Waals surface area contributed by atoms with Crippen molar-refractivity contribution >= 4 is 15.7 Å². The summed E-state index contributed by atoms with van der Waals surface area (Å²) >= 11 is 0. The van der Waals surface area contributed by atoms with Crippen molar-refractivity contribution in [3.63, 3.8) is 0 Å². The Morgan fingerprint density at radius 2 is 1.79 bits per heavy atom. The average Bonchev–Trinajstić information content (AvgIpc) is 3.24. The Morgan fingerprint density at radius 1 is 1.13 bits per heavy atom. The first-order valence-corrected chi connectivity index (χ1v) is 14.5. The molecule has 1 unspecified atom stereocenters. The number of carbonyl (C=O) groups is 1. The maximum Gasteiger partial charge on any atom is 0.238 e. The van der Waals surface area contributed by atoms with E-state index in [2.05, 4.69) is 10.1 Å². The molecule has 12 heteroatoms. The average molecular weight is 566 g/mol. The number of rotatable bonds is 11. The van der Waals surface area contributed by atoms with Crippen LogP contribution in [0.2, 0.25) is 0 Å². The number of benzene rings is 2. The van der Waals surface area contributed by atoms with Crippen LogP contribution in [0.1, 0.15) is 44.6 Å². The van der Waals surface area contributed by atoms with E-state index >= 15 is 0 Å². The number of nitrogens with zero attached hydrogens (tertiary/aromatic N) is 4. The third-order valence-corrected chi connectivity index (χ3v) is 6.84. The monoisotopic (exact) mass is 565 g/mol. The number of halogens is 3. The van der Waals surface area contributed by atoms with Gasteiger partial charge in [-0.15, -0.1) is 0 Å². The summed E-state index contributed by atoms with van der Waals surface area (Å²) in [7, 11) is -3.71. The highest BCUT2D eigenvalue weighted by atomic mass is 32.2. The van der Waals surface area contributed by atoms with Crippen molar-refractivity contribution in [1.29, 1.82) is 0 Å². The second-order valence-corrected chi connectivity index (χ2v) is 12.8. The molecule has 1 amide bonds. The minimum atomic E-state index is -3.71. The van der Waals surface area contributed by atoms with Gasteiger partial charge in [-0.1, -0.05) is 51.1 Å². The normalized spacial score (nSPS) is 13.7. The first kappa shape index (κ1) is 30.3. The Morgan fingerprint density at radius 3 is 2.38 bits per heavy atom. The number of alkyl halides is 1. The zero-order valence-corrected chi connectivity index (χ0v) is 23.3. The summed E-state index contributed by atoms with van der Waals surface area (Å²) in [5.74, 6) is -2.75. The molecule has 0 aliphatic rings. The lowest BCUT2D eigenvalue weighted by atomic mass is 9.84. The van der Waals surface area contributed by atoms with Crippen LogP contribution in [0.5, 0.6) is 0 Å². The molecule has 0 aliphatic carbocycles. The molecule has 8 nitrogen and oxygen atoms in total. The van der Waals surface area contributed by atoms with E-state index in [4.69, 9.17) is 5.73 Å². The van der Waals surface area contributed by atoms with Gasteiger partial charge in [-0.2, -0.15) is 5.10 Å². The van der Waals surface area contributed by atoms with Crippen LogP contribution in [-0.2, 0) is 21.2 Å². The number of carbonyl (C=O) groups excluding carboxylic acids is 1. The van der Waals surface area contributed by atoms with Crippen molar-refractivity contribution < 1.29 is 26.4 Å². The van der Waals surface area contributed by atoms with Crippen LogP contribution in [0.15, 0.2) is 48.5 Å². The minimum Gasteiger partial charge on any atom is -0.331 e. The fourth-order valence-corrected chi connectivity index (χ4v) is 4.91. The predicted octanol–water partition coefficient (Wildman–Crippen LogP) is 3.92. The highest BCUT2D eigenvalue weighted by Crippen LogP contribution is 2.39. The molecule has 0 saturated carbocycles. The number of hydrogen-bond donors (Lipinski definition) is 1. The van der Waals surface area contributed by atoms with Crippen molar-refractivity contribution in [2.75, 3.05) is 25.2 Å². The standard InChI is InChI=1S/C27H34F3N5O3S/c1-27(2,3)24(34(13-12-20(31)15-28)23(36)17-39(4,37)38)26-32-25(21-14-19(29)10-11-22(21)30)33-35(26)16-18-8-6-5-7-9-18/h5-11,14,20,24H,12-13,15-17,31H2,1-4H3/t20?,24-/m0/s1. The number of aromatic nitrogens is 3. The second-order valence-electron chi connectivity index (χ2n) is 10.7. The summed E-state index contributed by atoms with van der Waals surface area (Å²) in [4.78, 5) is 19.3. The van der Waals surface area contributed by atoms with Crippen LogP contribution in [0.25, 0.3) is 11.4 Å². The third-order valence-electron chi connectivity index (χ3n) is 6.07. The molecule has 212 valence electrons. The predicted molar refractivity (Wildman–Crippen MR) is 143 cm³/mol. The van der Waals surface area contributed by atoms with E-state index in [1.165, 1.54) is 9.58 Å². The highest BCUT2D eigenvalue weighted by Gasteiger charge is 2.39. The van der Waals surface area contributed by atoms with Crippen LogP contribution in [0.4, 0.5) is 13.2 Å². The maximum atomic E-state index is 14.7. The van der Waals surface area contributed by atoms with E-state index in [-0.39, 0.29) is 36.7 Å². The van der Waals surface area contributed by atoms with Crippen molar-refractivity contribution in [3.05, 3.63) is 71.6 Å². The van der Waals surface area contributed by atoms with Gasteiger partial charge in [0, 0.05) is 18.8 Å². The van der Waals surface area contributed by atoms with Crippen LogP contribution in [-0.4, -0.2) is 65.3 Å². The molecule has 0 bridgehead atoms. The van der Waals surface area contributed by atoms with Gasteiger partial charge in [0.05, 0.1) is 18.2 Å². The Bertz CT molecular complexity index is 1390. The molecule has 0 saturated heterocycles. The van der Waals surface area contributed by atoms with Gasteiger partial charge in [0.15, 0.2) is 21.5 Å². The van der Waals surface area contributed by atoms with E-state index in [9.17, 15) is 26.4 Å². The van der Waals surface area contributed by atoms with Crippen molar-refractivity contribution in [2.45, 2.75) is 45.8 Å². The number of nitrogens with two attached hydrogens (primary N) is 1. The summed E-state index contributed by atoms with van der Waals surface area (Å²) in [5, 5.41) is 4.50. The molecule has 0 fully saturated rings. The molecule has 0 aliphatic heterocycles. The van der Waals surface area contributed by atoms with Crippen LogP contribution in [0, 0.1) is 17.0 Å². The summed E-state index contributed by atoms with van der Waals surface area (Å²) in [6.45, 7) is 4.81. The minimum absolute atomic E-state index is 0.0523. The molecule has 2 atom stereocenters. The molecule has 2 N–H and O–H groups in total. The van der Waals surface area contributed by atoms with Gasteiger partial charge >= 0.3 is 0 Å². The van der Waals surface area contributed by atoms with Gasteiger partial charge in [0.1, 0.15) is 24.1 Å². The van der Waals surface area contributed by atoms with Gasteiger partial charge in [-0.05, 0) is 35.6 Å². The maximum absolute atomic E-state index is 14.7. The summed E-state index contributed by atoms with van der Waals surface area (Å²) < 4.78 is 67.7. The highest BCUT2D eigenvalue weighted by molar-refractivity contribution is 7.91. The molecule has 39 heavy (non-hydrogen) atoms. The largest absolute Gasteiger partial charge is 0.331 e. The molecule has 0 spiro atoms. The topological polar surface area (TPSA) is 111 Å². The van der Waals surface area contributed by atoms with Crippen molar-refractivity contribution in [3.8, 4) is 11.4 Å². The SMILES string of the molecule is CC(C)(C)[C@H](c1nc(-c2cc(F)ccc2F)nn1Cc1ccccc1)N(CCC(N)CF)C(=O)CS(C)(=O)=O. The van der Waals surface area contributed by atoms with Crippen molar-refractivity contribution in [1.82, 2.24) is 19.7 Å². The lowest BCUT2D eigenvalue weighted by Crippen LogP contribution is -2.46. The van der Waals surface area contributed by atoms with E-state index in [0.717, 1.165) is 30.0 Å². The van der Waals surface area contributed by atoms with Crippen LogP contribution in [0.3, 0.4) is 0 Å². The Labute approximate surface area is 226 Å². The fraction of sp³-hybridized carbons (Fsp3) is 0.444. The van der Waals surface area contributed by atoms with Crippen LogP contribution >= 0.6 is 0 Å². The molecule has 0 radical (unpaired) electrons. The molecule has 1 heterocycles.